The van der Waals surface area contributed by atoms with Gasteiger partial charge in [-0.05, 0) is 17.7 Å². The van der Waals surface area contributed by atoms with E-state index in [1.807, 2.05) is 12.1 Å². The molecule has 1 aliphatic rings. The van der Waals surface area contributed by atoms with Crippen LogP contribution in [0.3, 0.4) is 0 Å². The first-order chi connectivity index (χ1) is 10.7. The molecule has 1 N–H and O–H groups in total. The summed E-state index contributed by atoms with van der Waals surface area (Å²) in [5, 5.41) is 18.1. The van der Waals surface area contributed by atoms with Crippen LogP contribution in [0.15, 0.2) is 18.5 Å². The number of rotatable bonds is 4. The van der Waals surface area contributed by atoms with Gasteiger partial charge in [-0.15, -0.1) is 10.2 Å². The number of hydrogen-bond donors (Lipinski definition) is 1. The van der Waals surface area contributed by atoms with Gasteiger partial charge in [0.25, 0.3) is 0 Å². The van der Waals surface area contributed by atoms with E-state index >= 15 is 0 Å². The zero-order valence-corrected chi connectivity index (χ0v) is 12.8. The number of aromatic nitrogens is 3. The van der Waals surface area contributed by atoms with E-state index in [9.17, 15) is 5.11 Å². The van der Waals surface area contributed by atoms with Gasteiger partial charge in [0.1, 0.15) is 12.2 Å². The Bertz CT molecular complexity index is 608. The molecule has 0 aliphatic carbocycles. The number of benzene rings is 1. The number of aromatic hydroxyl groups is 1. The molecule has 1 aromatic heterocycles. The second-order valence-corrected chi connectivity index (χ2v) is 5.32. The van der Waals surface area contributed by atoms with E-state index in [1.165, 1.54) is 14.2 Å². The molecule has 0 unspecified atom stereocenters. The molecule has 0 fully saturated rings. The van der Waals surface area contributed by atoms with Gasteiger partial charge in [0.05, 0.1) is 14.2 Å². The number of phenolic OH excluding ortho intramolecular Hbond substituents is 1. The molecular formula is C15H20N4O3. The molecule has 0 bridgehead atoms. The van der Waals surface area contributed by atoms with Gasteiger partial charge < -0.3 is 19.1 Å². The smallest absolute Gasteiger partial charge is 0.200 e. The fraction of sp³-hybridized carbons (Fsp3) is 0.467. The molecule has 0 saturated carbocycles. The van der Waals surface area contributed by atoms with Crippen molar-refractivity contribution >= 4 is 0 Å². The lowest BCUT2D eigenvalue weighted by molar-refractivity contribution is 0.269. The van der Waals surface area contributed by atoms with Crippen LogP contribution >= 0.6 is 0 Å². The fourth-order valence-electron chi connectivity index (χ4n) is 2.73. The molecule has 0 saturated heterocycles. The lowest BCUT2D eigenvalue weighted by Crippen LogP contribution is -2.26. The summed E-state index contributed by atoms with van der Waals surface area (Å²) >= 11 is 0. The number of nitrogens with zero attached hydrogens (tertiary/aromatic N) is 4. The van der Waals surface area contributed by atoms with Crippen molar-refractivity contribution in [3.05, 3.63) is 29.8 Å². The minimum atomic E-state index is 0.0378. The quantitative estimate of drug-likeness (QED) is 0.910. The van der Waals surface area contributed by atoms with E-state index in [4.69, 9.17) is 9.47 Å². The van der Waals surface area contributed by atoms with Crippen molar-refractivity contribution < 1.29 is 14.6 Å². The van der Waals surface area contributed by atoms with E-state index in [2.05, 4.69) is 19.7 Å². The predicted molar refractivity (Wildman–Crippen MR) is 80.2 cm³/mol. The first-order valence-corrected chi connectivity index (χ1v) is 7.24. The summed E-state index contributed by atoms with van der Waals surface area (Å²) in [6, 6.07) is 3.70. The van der Waals surface area contributed by atoms with Crippen molar-refractivity contribution in [2.45, 2.75) is 19.5 Å². The third-order valence-corrected chi connectivity index (χ3v) is 3.95. The molecule has 118 valence electrons. The van der Waals surface area contributed by atoms with Crippen LogP contribution in [-0.4, -0.2) is 52.1 Å². The summed E-state index contributed by atoms with van der Waals surface area (Å²) in [5.41, 5.74) is 1.05. The molecule has 22 heavy (non-hydrogen) atoms. The van der Waals surface area contributed by atoms with Gasteiger partial charge in [0.2, 0.25) is 5.75 Å². The summed E-state index contributed by atoms with van der Waals surface area (Å²) < 4.78 is 12.5. The Balaban J connectivity index is 1.74. The zero-order valence-electron chi connectivity index (χ0n) is 12.8. The number of phenols is 1. The second-order valence-electron chi connectivity index (χ2n) is 5.32. The number of fused-ring (bicyclic) bond motifs is 1. The maximum absolute atomic E-state index is 9.97. The summed E-state index contributed by atoms with van der Waals surface area (Å²) in [6.07, 6.45) is 2.66. The highest BCUT2D eigenvalue weighted by atomic mass is 16.5. The van der Waals surface area contributed by atoms with Crippen LogP contribution in [0.2, 0.25) is 0 Å². The molecule has 2 heterocycles. The highest BCUT2D eigenvalue weighted by Crippen LogP contribution is 2.37. The van der Waals surface area contributed by atoms with Gasteiger partial charge >= 0.3 is 0 Å². The molecule has 1 aromatic carbocycles. The third-order valence-electron chi connectivity index (χ3n) is 3.95. The first-order valence-electron chi connectivity index (χ1n) is 7.24. The number of hydrogen-bond acceptors (Lipinski definition) is 6. The van der Waals surface area contributed by atoms with Crippen molar-refractivity contribution in [1.82, 2.24) is 19.7 Å². The minimum absolute atomic E-state index is 0.0378. The lowest BCUT2D eigenvalue weighted by atomic mass is 10.1. The monoisotopic (exact) mass is 304 g/mol. The Hall–Kier alpha value is -2.28. The standard InChI is InChI=1S/C15H20N4O3/c1-21-12-7-11(8-13(22-2)15(12)20)9-18-4-3-14-17-16-10-19(14)6-5-18/h7-8,10,20H,3-6,9H2,1-2H3. The maximum Gasteiger partial charge on any atom is 0.200 e. The topological polar surface area (TPSA) is 72.6 Å². The maximum atomic E-state index is 9.97. The molecule has 7 nitrogen and oxygen atoms in total. The van der Waals surface area contributed by atoms with E-state index in [-0.39, 0.29) is 5.75 Å². The molecule has 0 spiro atoms. The van der Waals surface area contributed by atoms with Crippen LogP contribution in [0, 0.1) is 0 Å². The largest absolute Gasteiger partial charge is 0.502 e. The summed E-state index contributed by atoms with van der Waals surface area (Å²) in [7, 11) is 3.08. The molecular weight excluding hydrogens is 284 g/mol. The average Bonchev–Trinajstić information content (AvgIpc) is 2.90. The normalized spacial score (nSPS) is 15.2. The highest BCUT2D eigenvalue weighted by Gasteiger charge is 2.17. The molecule has 3 rings (SSSR count). The molecule has 0 atom stereocenters. The Kier molecular flexibility index (Phi) is 4.15. The Morgan fingerprint density at radius 3 is 2.55 bits per heavy atom. The molecule has 7 heteroatoms. The number of ether oxygens (including phenoxy) is 2. The average molecular weight is 304 g/mol. The van der Waals surface area contributed by atoms with Crippen molar-refractivity contribution in [2.75, 3.05) is 27.3 Å². The van der Waals surface area contributed by atoms with Crippen LogP contribution in [0.4, 0.5) is 0 Å². The van der Waals surface area contributed by atoms with E-state index in [1.54, 1.807) is 6.33 Å². The van der Waals surface area contributed by atoms with Crippen molar-refractivity contribution in [3.63, 3.8) is 0 Å². The summed E-state index contributed by atoms with van der Waals surface area (Å²) in [5.74, 6) is 1.93. The zero-order chi connectivity index (χ0) is 15.5. The molecule has 0 radical (unpaired) electrons. The van der Waals surface area contributed by atoms with Gasteiger partial charge in [0, 0.05) is 32.6 Å². The third kappa shape index (κ3) is 2.85. The summed E-state index contributed by atoms with van der Waals surface area (Å²) in [4.78, 5) is 2.35. The van der Waals surface area contributed by atoms with Gasteiger partial charge in [0.15, 0.2) is 11.5 Å². The summed E-state index contributed by atoms with van der Waals surface area (Å²) in [6.45, 7) is 3.50. The highest BCUT2D eigenvalue weighted by molar-refractivity contribution is 5.52. The molecule has 2 aromatic rings. The van der Waals surface area contributed by atoms with E-state index in [0.29, 0.717) is 11.5 Å². The van der Waals surface area contributed by atoms with Gasteiger partial charge in [-0.2, -0.15) is 0 Å². The molecule has 1 aliphatic heterocycles. The first kappa shape index (κ1) is 14.6. The minimum Gasteiger partial charge on any atom is -0.502 e. The Labute approximate surface area is 129 Å². The fourth-order valence-corrected chi connectivity index (χ4v) is 2.73. The van der Waals surface area contributed by atoms with Crippen LogP contribution < -0.4 is 9.47 Å². The van der Waals surface area contributed by atoms with Crippen molar-refractivity contribution in [3.8, 4) is 17.2 Å². The van der Waals surface area contributed by atoms with Gasteiger partial charge in [-0.25, -0.2) is 0 Å². The van der Waals surface area contributed by atoms with Crippen LogP contribution in [0.1, 0.15) is 11.4 Å². The van der Waals surface area contributed by atoms with Gasteiger partial charge in [-0.3, -0.25) is 4.90 Å². The predicted octanol–water partition coefficient (Wildman–Crippen LogP) is 1.06. The second kappa shape index (κ2) is 6.23. The van der Waals surface area contributed by atoms with E-state index < -0.39 is 0 Å². The van der Waals surface area contributed by atoms with Gasteiger partial charge in [-0.1, -0.05) is 0 Å². The lowest BCUT2D eigenvalue weighted by Gasteiger charge is -2.20. The van der Waals surface area contributed by atoms with Crippen LogP contribution in [-0.2, 0) is 19.5 Å². The number of methoxy groups -OCH3 is 2. The van der Waals surface area contributed by atoms with Crippen LogP contribution in [0.25, 0.3) is 0 Å². The molecule has 0 amide bonds. The van der Waals surface area contributed by atoms with Crippen LogP contribution in [0.5, 0.6) is 17.2 Å². The Morgan fingerprint density at radius 2 is 1.86 bits per heavy atom. The van der Waals surface area contributed by atoms with E-state index in [0.717, 1.165) is 44.0 Å². The van der Waals surface area contributed by atoms with Crippen molar-refractivity contribution in [2.24, 2.45) is 0 Å². The Morgan fingerprint density at radius 1 is 1.14 bits per heavy atom. The van der Waals surface area contributed by atoms with Crippen molar-refractivity contribution in [1.29, 1.82) is 0 Å². The SMILES string of the molecule is COc1cc(CN2CCc3nncn3CC2)cc(OC)c1O.